The zero-order chi connectivity index (χ0) is 12.3. The molecule has 0 fully saturated rings. The van der Waals surface area contributed by atoms with Crippen molar-refractivity contribution >= 4 is 19.3 Å². The number of halogens is 1. The van der Waals surface area contributed by atoms with Gasteiger partial charge in [-0.15, -0.1) is 0 Å². The Balaban J connectivity index is 3.12. The molecule has 16 heavy (non-hydrogen) atoms. The van der Waals surface area contributed by atoms with E-state index in [2.05, 4.69) is 4.65 Å². The lowest BCUT2D eigenvalue weighted by Gasteiger charge is -2.06. The molecule has 0 atom stereocenters. The molecular weight excluding hydrogens is 222 g/mol. The van der Waals surface area contributed by atoms with Crippen molar-refractivity contribution in [1.82, 2.24) is 0 Å². The van der Waals surface area contributed by atoms with Crippen molar-refractivity contribution in [3.05, 3.63) is 35.1 Å². The molecule has 1 aromatic rings. The molecule has 1 rings (SSSR count). The van der Waals surface area contributed by atoms with Crippen molar-refractivity contribution in [2.45, 2.75) is 0 Å². The molecule has 0 bridgehead atoms. The zero-order valence-corrected chi connectivity index (χ0v) is 7.75. The van der Waals surface area contributed by atoms with E-state index in [1.807, 2.05) is 0 Å². The quantitative estimate of drug-likeness (QED) is 0.610. The summed E-state index contributed by atoms with van der Waals surface area (Å²) in [6, 6.07) is 2.36. The van der Waals surface area contributed by atoms with Gasteiger partial charge in [0.05, 0.1) is 11.1 Å². The van der Waals surface area contributed by atoms with Gasteiger partial charge >= 0.3 is 19.3 Å². The van der Waals surface area contributed by atoms with Crippen molar-refractivity contribution in [3.63, 3.8) is 0 Å². The lowest BCUT2D eigenvalue weighted by Crippen LogP contribution is -2.23. The summed E-state index contributed by atoms with van der Waals surface area (Å²) in [6.45, 7) is 0. The Kier molecular flexibility index (Phi) is 3.59. The second-order valence-electron chi connectivity index (χ2n) is 2.73. The molecule has 0 aliphatic carbocycles. The summed E-state index contributed by atoms with van der Waals surface area (Å²) in [5.74, 6) is -3.63. The van der Waals surface area contributed by atoms with Crippen molar-refractivity contribution < 1.29 is 33.8 Å². The molecule has 1 aromatic carbocycles. The predicted molar refractivity (Wildman–Crippen MR) is 49.0 cm³/mol. The fraction of sp³-hybridized carbons (Fsp3) is 0. The van der Waals surface area contributed by atoms with Gasteiger partial charge in [-0.2, -0.15) is 0 Å². The number of carbonyl (C=O) groups excluding carboxylic acids is 1. The normalized spacial score (nSPS) is 9.69. The highest BCUT2D eigenvalue weighted by molar-refractivity contribution is 6.36. The third-order valence-electron chi connectivity index (χ3n) is 1.64. The van der Waals surface area contributed by atoms with Gasteiger partial charge in [-0.05, 0) is 18.2 Å². The van der Waals surface area contributed by atoms with Gasteiger partial charge in [0.25, 0.3) is 0 Å². The Morgan fingerprint density at radius 3 is 2.38 bits per heavy atom. The average molecular weight is 228 g/mol. The monoisotopic (exact) mass is 228 g/mol. The molecule has 0 amide bonds. The summed E-state index contributed by atoms with van der Waals surface area (Å²) in [4.78, 5) is 21.8. The van der Waals surface area contributed by atoms with Crippen LogP contribution in [-0.4, -0.2) is 34.4 Å². The van der Waals surface area contributed by atoms with Crippen molar-refractivity contribution in [2.75, 3.05) is 0 Å². The maximum Gasteiger partial charge on any atom is 0.709 e. The van der Waals surface area contributed by atoms with Crippen LogP contribution in [0.25, 0.3) is 0 Å². The van der Waals surface area contributed by atoms with E-state index in [1.54, 1.807) is 0 Å². The van der Waals surface area contributed by atoms with Gasteiger partial charge in [0.2, 0.25) is 0 Å². The summed E-state index contributed by atoms with van der Waals surface area (Å²) < 4.78 is 16.7. The Labute approximate surface area is 89.1 Å². The first kappa shape index (κ1) is 12.1. The summed E-state index contributed by atoms with van der Waals surface area (Å²) in [7, 11) is -2.36. The SMILES string of the molecule is O=C(O)c1cc(F)ccc1C(=O)OB(O)O. The van der Waals surface area contributed by atoms with E-state index < -0.39 is 36.2 Å². The highest BCUT2D eigenvalue weighted by atomic mass is 19.1. The lowest BCUT2D eigenvalue weighted by molar-refractivity contribution is 0.0619. The zero-order valence-electron chi connectivity index (χ0n) is 7.75. The van der Waals surface area contributed by atoms with E-state index in [-0.39, 0.29) is 0 Å². The highest BCUT2D eigenvalue weighted by Crippen LogP contribution is 2.13. The molecule has 8 heteroatoms. The van der Waals surface area contributed by atoms with Crippen LogP contribution in [0.2, 0.25) is 0 Å². The van der Waals surface area contributed by atoms with E-state index in [0.717, 1.165) is 12.1 Å². The molecule has 0 saturated carbocycles. The minimum Gasteiger partial charge on any atom is -0.481 e. The largest absolute Gasteiger partial charge is 0.709 e. The van der Waals surface area contributed by atoms with E-state index in [9.17, 15) is 14.0 Å². The van der Waals surface area contributed by atoms with Gasteiger partial charge in [0.15, 0.2) is 0 Å². The van der Waals surface area contributed by atoms with Crippen LogP contribution < -0.4 is 0 Å². The van der Waals surface area contributed by atoms with Crippen molar-refractivity contribution in [3.8, 4) is 0 Å². The third kappa shape index (κ3) is 2.78. The number of hydrogen-bond donors (Lipinski definition) is 3. The summed E-state index contributed by atoms with van der Waals surface area (Å²) in [5, 5.41) is 25.4. The van der Waals surface area contributed by atoms with Crippen LogP contribution in [-0.2, 0) is 4.65 Å². The fourth-order valence-corrected chi connectivity index (χ4v) is 1.03. The molecule has 0 spiro atoms. The second kappa shape index (κ2) is 4.73. The van der Waals surface area contributed by atoms with E-state index in [4.69, 9.17) is 15.2 Å². The van der Waals surface area contributed by atoms with Gasteiger partial charge in [0, 0.05) is 0 Å². The number of aromatic carboxylic acids is 1. The maximum atomic E-state index is 12.7. The number of rotatable bonds is 3. The van der Waals surface area contributed by atoms with E-state index in [1.165, 1.54) is 0 Å². The molecule has 0 radical (unpaired) electrons. The van der Waals surface area contributed by atoms with Gasteiger partial charge in [-0.25, -0.2) is 14.0 Å². The number of hydrogen-bond acceptors (Lipinski definition) is 5. The summed E-state index contributed by atoms with van der Waals surface area (Å²) in [6.07, 6.45) is 0. The van der Waals surface area contributed by atoms with Gasteiger partial charge in [-0.3, -0.25) is 0 Å². The van der Waals surface area contributed by atoms with E-state index in [0.29, 0.717) is 6.07 Å². The Hall–Kier alpha value is -1.93. The number of carboxylic acids is 1. The molecule has 0 heterocycles. The van der Waals surface area contributed by atoms with Crippen molar-refractivity contribution in [1.29, 1.82) is 0 Å². The topological polar surface area (TPSA) is 104 Å². The minimum absolute atomic E-state index is 0.470. The predicted octanol–water partition coefficient (Wildman–Crippen LogP) is -0.350. The summed E-state index contributed by atoms with van der Waals surface area (Å²) >= 11 is 0. The molecular formula is C8H6BFO6. The number of carboxylic acid groups (broad SMARTS) is 1. The smallest absolute Gasteiger partial charge is 0.481 e. The van der Waals surface area contributed by atoms with Gasteiger partial charge in [-0.1, -0.05) is 0 Å². The van der Waals surface area contributed by atoms with Gasteiger partial charge in [0.1, 0.15) is 5.82 Å². The highest BCUT2D eigenvalue weighted by Gasteiger charge is 2.23. The number of carbonyl (C=O) groups is 2. The van der Waals surface area contributed by atoms with E-state index >= 15 is 0 Å². The lowest BCUT2D eigenvalue weighted by atomic mass is 10.1. The van der Waals surface area contributed by atoms with Crippen LogP contribution >= 0.6 is 0 Å². The second-order valence-corrected chi connectivity index (χ2v) is 2.73. The van der Waals surface area contributed by atoms with Gasteiger partial charge < -0.3 is 19.8 Å². The Morgan fingerprint density at radius 2 is 1.88 bits per heavy atom. The van der Waals surface area contributed by atoms with Crippen LogP contribution in [0.3, 0.4) is 0 Å². The fourth-order valence-electron chi connectivity index (χ4n) is 1.03. The molecule has 0 aromatic heterocycles. The molecule has 0 aliphatic heterocycles. The molecule has 84 valence electrons. The Morgan fingerprint density at radius 1 is 1.25 bits per heavy atom. The van der Waals surface area contributed by atoms with Crippen LogP contribution in [0.5, 0.6) is 0 Å². The third-order valence-corrected chi connectivity index (χ3v) is 1.64. The first-order valence-corrected chi connectivity index (χ1v) is 4.02. The van der Waals surface area contributed by atoms with Crippen LogP contribution in [0.1, 0.15) is 20.7 Å². The van der Waals surface area contributed by atoms with Crippen LogP contribution in [0.15, 0.2) is 18.2 Å². The van der Waals surface area contributed by atoms with Crippen molar-refractivity contribution in [2.24, 2.45) is 0 Å². The molecule has 0 saturated heterocycles. The average Bonchev–Trinajstić information content (AvgIpc) is 2.16. The molecule has 6 nitrogen and oxygen atoms in total. The van der Waals surface area contributed by atoms with Crippen LogP contribution in [0.4, 0.5) is 4.39 Å². The maximum absolute atomic E-state index is 12.7. The Bertz CT molecular complexity index is 433. The molecule has 0 aliphatic rings. The standard InChI is InChI=1S/C8H6BFO6/c10-4-1-2-5(6(3-4)7(11)12)8(13)16-9(14)15/h1-3,14-15H,(H,11,12). The first-order valence-electron chi connectivity index (χ1n) is 4.02. The molecule has 0 unspecified atom stereocenters. The number of benzene rings is 1. The van der Waals surface area contributed by atoms with Crippen LogP contribution in [0, 0.1) is 5.82 Å². The first-order chi connectivity index (χ1) is 7.41. The minimum atomic E-state index is -2.36. The summed E-state index contributed by atoms with van der Waals surface area (Å²) in [5.41, 5.74) is -1.09. The molecule has 3 N–H and O–H groups in total.